The lowest BCUT2D eigenvalue weighted by Crippen LogP contribution is -2.08. The standard InChI is InChI=1S/C25H36O4/c1-17(2)9-7-10-19(5)11-8-12-20(6)13-14-29-21-15-22(26)24(23(27)16-21)25(28)18(3)4/h9,11,13,15-16,18,26-27H,7-8,10,12,14H2,1-6H3/b19-11+,20-13+. The summed E-state index contributed by atoms with van der Waals surface area (Å²) in [5, 5.41) is 20.1. The molecule has 4 nitrogen and oxygen atoms in total. The van der Waals surface area contributed by atoms with Gasteiger partial charge in [0, 0.05) is 18.1 Å². The molecule has 0 saturated carbocycles. The van der Waals surface area contributed by atoms with Gasteiger partial charge in [-0.2, -0.15) is 0 Å². The van der Waals surface area contributed by atoms with E-state index in [9.17, 15) is 15.0 Å². The van der Waals surface area contributed by atoms with E-state index in [4.69, 9.17) is 4.74 Å². The Kier molecular flexibility index (Phi) is 10.3. The SMILES string of the molecule is CC(C)=CCC/C(C)=C/CC/C(C)=C/COc1cc(O)c(C(=O)C(C)C)c(O)c1. The fraction of sp³-hybridized carbons (Fsp3) is 0.480. The molecule has 0 radical (unpaired) electrons. The van der Waals surface area contributed by atoms with Crippen molar-refractivity contribution in [3.05, 3.63) is 52.6 Å². The predicted molar refractivity (Wildman–Crippen MR) is 120 cm³/mol. The number of hydrogen-bond donors (Lipinski definition) is 2. The Labute approximate surface area is 175 Å². The Bertz CT molecular complexity index is 755. The highest BCUT2D eigenvalue weighted by Crippen LogP contribution is 2.34. The van der Waals surface area contributed by atoms with Crippen LogP contribution >= 0.6 is 0 Å². The molecular formula is C25H36O4. The molecule has 0 aliphatic heterocycles. The fourth-order valence-electron chi connectivity index (χ4n) is 2.83. The zero-order chi connectivity index (χ0) is 22.0. The molecule has 0 atom stereocenters. The summed E-state index contributed by atoms with van der Waals surface area (Å²) in [4.78, 5) is 12.1. The van der Waals surface area contributed by atoms with Crippen molar-refractivity contribution < 1.29 is 19.7 Å². The summed E-state index contributed by atoms with van der Waals surface area (Å²) in [5.41, 5.74) is 3.94. The summed E-state index contributed by atoms with van der Waals surface area (Å²) in [6.07, 6.45) is 10.7. The first-order valence-electron chi connectivity index (χ1n) is 10.3. The van der Waals surface area contributed by atoms with E-state index in [2.05, 4.69) is 39.8 Å². The maximum absolute atomic E-state index is 12.1. The average molecular weight is 401 g/mol. The lowest BCUT2D eigenvalue weighted by molar-refractivity contribution is 0.0933. The van der Waals surface area contributed by atoms with Crippen LogP contribution in [0.1, 0.15) is 77.6 Å². The maximum atomic E-state index is 12.1. The molecular weight excluding hydrogens is 364 g/mol. The first kappa shape index (κ1) is 24.5. The molecule has 1 aromatic carbocycles. The van der Waals surface area contributed by atoms with Crippen molar-refractivity contribution >= 4 is 5.78 Å². The number of hydrogen-bond acceptors (Lipinski definition) is 4. The maximum Gasteiger partial charge on any atom is 0.172 e. The minimum Gasteiger partial charge on any atom is -0.507 e. The van der Waals surface area contributed by atoms with E-state index in [1.54, 1.807) is 13.8 Å². The molecule has 0 aliphatic carbocycles. The van der Waals surface area contributed by atoms with Crippen LogP contribution in [-0.4, -0.2) is 22.6 Å². The van der Waals surface area contributed by atoms with E-state index in [0.717, 1.165) is 25.7 Å². The van der Waals surface area contributed by atoms with E-state index < -0.39 is 0 Å². The van der Waals surface area contributed by atoms with Crippen molar-refractivity contribution in [3.63, 3.8) is 0 Å². The largest absolute Gasteiger partial charge is 0.507 e. The molecule has 160 valence electrons. The first-order chi connectivity index (χ1) is 13.6. The summed E-state index contributed by atoms with van der Waals surface area (Å²) in [6.45, 7) is 12.3. The lowest BCUT2D eigenvalue weighted by Gasteiger charge is -2.11. The number of allylic oxidation sites excluding steroid dienone is 5. The summed E-state index contributed by atoms with van der Waals surface area (Å²) < 4.78 is 5.61. The van der Waals surface area contributed by atoms with Gasteiger partial charge >= 0.3 is 0 Å². The molecule has 4 heteroatoms. The second-order valence-corrected chi connectivity index (χ2v) is 8.13. The normalized spacial score (nSPS) is 12.2. The molecule has 0 unspecified atom stereocenters. The number of ether oxygens (including phenoxy) is 1. The van der Waals surface area contributed by atoms with Gasteiger partial charge in [-0.3, -0.25) is 4.79 Å². The fourth-order valence-corrected chi connectivity index (χ4v) is 2.83. The van der Waals surface area contributed by atoms with Gasteiger partial charge in [-0.15, -0.1) is 0 Å². The predicted octanol–water partition coefficient (Wildman–Crippen LogP) is 6.73. The van der Waals surface area contributed by atoms with Crippen LogP contribution in [0.4, 0.5) is 0 Å². The Hall–Kier alpha value is -2.49. The molecule has 1 aromatic rings. The molecule has 1 rings (SSSR count). The van der Waals surface area contributed by atoms with Crippen LogP contribution in [-0.2, 0) is 0 Å². The van der Waals surface area contributed by atoms with Gasteiger partial charge in [-0.1, -0.05) is 42.7 Å². The van der Waals surface area contributed by atoms with E-state index in [1.807, 2.05) is 6.08 Å². The van der Waals surface area contributed by atoms with Crippen molar-refractivity contribution in [1.82, 2.24) is 0 Å². The highest BCUT2D eigenvalue weighted by atomic mass is 16.5. The molecule has 0 saturated heterocycles. The quantitative estimate of drug-likeness (QED) is 0.319. The zero-order valence-corrected chi connectivity index (χ0v) is 18.7. The van der Waals surface area contributed by atoms with Crippen LogP contribution < -0.4 is 4.74 Å². The number of ketones is 1. The molecule has 0 spiro atoms. The average Bonchev–Trinajstić information content (AvgIpc) is 2.60. The van der Waals surface area contributed by atoms with E-state index >= 15 is 0 Å². The van der Waals surface area contributed by atoms with Gasteiger partial charge in [0.2, 0.25) is 0 Å². The Balaban J connectivity index is 2.54. The van der Waals surface area contributed by atoms with Crippen LogP contribution in [0.5, 0.6) is 17.2 Å². The van der Waals surface area contributed by atoms with Crippen molar-refractivity contribution in [2.45, 2.75) is 67.2 Å². The minimum atomic E-state index is -0.311. The van der Waals surface area contributed by atoms with Gasteiger partial charge in [-0.05, 0) is 59.5 Å². The summed E-state index contributed by atoms with van der Waals surface area (Å²) >= 11 is 0. The molecule has 0 aliphatic rings. The third-order valence-electron chi connectivity index (χ3n) is 4.65. The topological polar surface area (TPSA) is 66.8 Å². The van der Waals surface area contributed by atoms with Gasteiger partial charge in [0.1, 0.15) is 29.4 Å². The van der Waals surface area contributed by atoms with E-state index in [-0.39, 0.29) is 28.8 Å². The summed E-state index contributed by atoms with van der Waals surface area (Å²) in [6, 6.07) is 2.74. The number of rotatable bonds is 11. The molecule has 29 heavy (non-hydrogen) atoms. The Morgan fingerprint density at radius 1 is 0.931 bits per heavy atom. The van der Waals surface area contributed by atoms with Gasteiger partial charge in [0.25, 0.3) is 0 Å². The summed E-state index contributed by atoms with van der Waals surface area (Å²) in [5.74, 6) is -0.791. The Morgan fingerprint density at radius 2 is 1.45 bits per heavy atom. The van der Waals surface area contributed by atoms with Crippen LogP contribution in [0.25, 0.3) is 0 Å². The van der Waals surface area contributed by atoms with Gasteiger partial charge in [0.05, 0.1) is 0 Å². The molecule has 0 bridgehead atoms. The van der Waals surface area contributed by atoms with Gasteiger partial charge in [-0.25, -0.2) is 0 Å². The second kappa shape index (κ2) is 12.2. The van der Waals surface area contributed by atoms with Gasteiger partial charge in [0.15, 0.2) is 5.78 Å². The van der Waals surface area contributed by atoms with Crippen LogP contribution in [0.15, 0.2) is 47.1 Å². The van der Waals surface area contributed by atoms with Crippen molar-refractivity contribution in [2.24, 2.45) is 5.92 Å². The molecule has 0 aromatic heterocycles. The molecule has 0 fully saturated rings. The smallest absolute Gasteiger partial charge is 0.172 e. The Morgan fingerprint density at radius 3 is 1.97 bits per heavy atom. The number of phenolic OH excluding ortho intramolecular Hbond substituents is 2. The monoisotopic (exact) mass is 400 g/mol. The third kappa shape index (κ3) is 9.03. The number of carbonyl (C=O) groups is 1. The van der Waals surface area contributed by atoms with Crippen LogP contribution in [0, 0.1) is 5.92 Å². The van der Waals surface area contributed by atoms with Crippen molar-refractivity contribution in [3.8, 4) is 17.2 Å². The third-order valence-corrected chi connectivity index (χ3v) is 4.65. The summed E-state index contributed by atoms with van der Waals surface area (Å²) in [7, 11) is 0. The molecule has 2 N–H and O–H groups in total. The van der Waals surface area contributed by atoms with E-state index in [0.29, 0.717) is 12.4 Å². The van der Waals surface area contributed by atoms with Crippen LogP contribution in [0.3, 0.4) is 0 Å². The molecule has 0 amide bonds. The first-order valence-corrected chi connectivity index (χ1v) is 10.3. The number of benzene rings is 1. The number of phenols is 2. The number of aromatic hydroxyl groups is 2. The zero-order valence-electron chi connectivity index (χ0n) is 18.7. The highest BCUT2D eigenvalue weighted by Gasteiger charge is 2.20. The second-order valence-electron chi connectivity index (χ2n) is 8.13. The molecule has 0 heterocycles. The highest BCUT2D eigenvalue weighted by molar-refractivity contribution is 6.02. The van der Waals surface area contributed by atoms with E-state index in [1.165, 1.54) is 28.9 Å². The number of Topliss-reactive ketones (excluding diaryl/α,β-unsaturated/α-hetero) is 1. The van der Waals surface area contributed by atoms with Crippen molar-refractivity contribution in [2.75, 3.05) is 6.61 Å². The van der Waals surface area contributed by atoms with Crippen LogP contribution in [0.2, 0.25) is 0 Å². The minimum absolute atomic E-state index is 0.0502. The number of carbonyl (C=O) groups excluding carboxylic acids is 1. The van der Waals surface area contributed by atoms with Crippen molar-refractivity contribution in [1.29, 1.82) is 0 Å². The van der Waals surface area contributed by atoms with Gasteiger partial charge < -0.3 is 14.9 Å². The lowest BCUT2D eigenvalue weighted by atomic mass is 9.99.